The highest BCUT2D eigenvalue weighted by atomic mass is 14.6. The summed E-state index contributed by atoms with van der Waals surface area (Å²) in [5, 5.41) is 0. The summed E-state index contributed by atoms with van der Waals surface area (Å²) in [6.07, 6.45) is 1.02. The standard InChI is InChI=1S/C19H15N/c20-18-11-4-3-9-16(18)17-10-5-7-14-12-13-6-1-2-8-15(13)19(14)17/h1-11H,12,20H2. The normalized spacial score (nSPS) is 12.0. The average Bonchev–Trinajstić information content (AvgIpc) is 2.86. The Morgan fingerprint density at radius 2 is 1.25 bits per heavy atom. The van der Waals surface area contributed by atoms with Crippen LogP contribution in [-0.4, -0.2) is 0 Å². The van der Waals surface area contributed by atoms with Crippen molar-refractivity contribution in [3.05, 3.63) is 77.9 Å². The number of hydrogen-bond donors (Lipinski definition) is 1. The van der Waals surface area contributed by atoms with Crippen LogP contribution in [0.5, 0.6) is 0 Å². The van der Waals surface area contributed by atoms with Crippen LogP contribution in [0.15, 0.2) is 66.7 Å². The molecule has 0 aliphatic heterocycles. The third kappa shape index (κ3) is 1.56. The summed E-state index contributed by atoms with van der Waals surface area (Å²) in [7, 11) is 0. The van der Waals surface area contributed by atoms with E-state index in [9.17, 15) is 0 Å². The molecule has 20 heavy (non-hydrogen) atoms. The summed E-state index contributed by atoms with van der Waals surface area (Å²) >= 11 is 0. The molecular formula is C19H15N. The molecule has 2 N–H and O–H groups in total. The zero-order chi connectivity index (χ0) is 13.5. The van der Waals surface area contributed by atoms with Gasteiger partial charge >= 0.3 is 0 Å². The second-order valence-electron chi connectivity index (χ2n) is 5.26. The van der Waals surface area contributed by atoms with Crippen molar-refractivity contribution in [1.82, 2.24) is 0 Å². The van der Waals surface area contributed by atoms with Crippen LogP contribution in [0.2, 0.25) is 0 Å². The average molecular weight is 257 g/mol. The van der Waals surface area contributed by atoms with Crippen molar-refractivity contribution in [1.29, 1.82) is 0 Å². The minimum absolute atomic E-state index is 0.838. The van der Waals surface area contributed by atoms with E-state index in [0.29, 0.717) is 0 Å². The van der Waals surface area contributed by atoms with Gasteiger partial charge in [-0.3, -0.25) is 0 Å². The predicted octanol–water partition coefficient (Wildman–Crippen LogP) is 4.51. The minimum atomic E-state index is 0.838. The molecule has 0 spiro atoms. The fraction of sp³-hybridized carbons (Fsp3) is 0.0526. The highest BCUT2D eigenvalue weighted by molar-refractivity contribution is 5.93. The van der Waals surface area contributed by atoms with Gasteiger partial charge in [-0.1, -0.05) is 60.7 Å². The Hall–Kier alpha value is -2.54. The third-order valence-corrected chi connectivity index (χ3v) is 4.07. The first-order valence-corrected chi connectivity index (χ1v) is 6.89. The van der Waals surface area contributed by atoms with Crippen molar-refractivity contribution < 1.29 is 0 Å². The molecule has 0 saturated carbocycles. The summed E-state index contributed by atoms with van der Waals surface area (Å²) < 4.78 is 0. The van der Waals surface area contributed by atoms with Crippen LogP contribution in [0.4, 0.5) is 5.69 Å². The molecule has 1 aliphatic carbocycles. The maximum atomic E-state index is 6.17. The predicted molar refractivity (Wildman–Crippen MR) is 84.5 cm³/mol. The van der Waals surface area contributed by atoms with Gasteiger partial charge in [0.25, 0.3) is 0 Å². The summed E-state index contributed by atoms with van der Waals surface area (Å²) in [4.78, 5) is 0. The van der Waals surface area contributed by atoms with Crippen molar-refractivity contribution in [2.45, 2.75) is 6.42 Å². The highest BCUT2D eigenvalue weighted by Crippen LogP contribution is 2.43. The van der Waals surface area contributed by atoms with E-state index >= 15 is 0 Å². The zero-order valence-corrected chi connectivity index (χ0v) is 11.1. The van der Waals surface area contributed by atoms with Crippen LogP contribution in [0.3, 0.4) is 0 Å². The molecule has 4 rings (SSSR count). The summed E-state index contributed by atoms with van der Waals surface area (Å²) in [5.74, 6) is 0. The second kappa shape index (κ2) is 4.24. The molecule has 0 radical (unpaired) electrons. The number of nitrogens with two attached hydrogens (primary N) is 1. The Morgan fingerprint density at radius 1 is 0.600 bits per heavy atom. The van der Waals surface area contributed by atoms with Crippen molar-refractivity contribution >= 4 is 5.69 Å². The molecule has 0 amide bonds. The van der Waals surface area contributed by atoms with Crippen LogP contribution in [0.25, 0.3) is 22.3 Å². The van der Waals surface area contributed by atoms with Crippen LogP contribution >= 0.6 is 0 Å². The number of para-hydroxylation sites is 1. The fourth-order valence-electron chi connectivity index (χ4n) is 3.16. The van der Waals surface area contributed by atoms with Gasteiger partial charge in [-0.2, -0.15) is 0 Å². The molecule has 0 atom stereocenters. The molecule has 0 saturated heterocycles. The lowest BCUT2D eigenvalue weighted by molar-refractivity contribution is 1.26. The first kappa shape index (κ1) is 11.3. The smallest absolute Gasteiger partial charge is 0.0393 e. The molecule has 0 fully saturated rings. The maximum absolute atomic E-state index is 6.17. The van der Waals surface area contributed by atoms with Gasteiger partial charge in [-0.15, -0.1) is 0 Å². The molecule has 1 heteroatoms. The molecule has 96 valence electrons. The molecule has 3 aromatic carbocycles. The maximum Gasteiger partial charge on any atom is 0.0393 e. The van der Waals surface area contributed by atoms with E-state index in [1.54, 1.807) is 0 Å². The topological polar surface area (TPSA) is 26.0 Å². The van der Waals surface area contributed by atoms with E-state index in [2.05, 4.69) is 48.5 Å². The van der Waals surface area contributed by atoms with Gasteiger partial charge in [0.2, 0.25) is 0 Å². The monoisotopic (exact) mass is 257 g/mol. The molecule has 3 aromatic rings. The Balaban J connectivity index is 2.03. The number of benzene rings is 3. The fourth-order valence-corrected chi connectivity index (χ4v) is 3.16. The largest absolute Gasteiger partial charge is 0.398 e. The molecule has 1 nitrogen and oxygen atoms in total. The van der Waals surface area contributed by atoms with Gasteiger partial charge in [-0.05, 0) is 40.3 Å². The van der Waals surface area contributed by atoms with Gasteiger partial charge in [0.05, 0.1) is 0 Å². The zero-order valence-electron chi connectivity index (χ0n) is 11.1. The van der Waals surface area contributed by atoms with Gasteiger partial charge in [-0.25, -0.2) is 0 Å². The molecule has 0 bridgehead atoms. The van der Waals surface area contributed by atoms with E-state index in [0.717, 1.165) is 17.7 Å². The van der Waals surface area contributed by atoms with Crippen LogP contribution < -0.4 is 5.73 Å². The molecule has 0 aromatic heterocycles. The lowest BCUT2D eigenvalue weighted by atomic mass is 9.93. The van der Waals surface area contributed by atoms with Crippen molar-refractivity contribution in [3.63, 3.8) is 0 Å². The molecule has 1 aliphatic rings. The minimum Gasteiger partial charge on any atom is -0.398 e. The Bertz CT molecular complexity index is 802. The van der Waals surface area contributed by atoms with E-state index in [1.165, 1.54) is 27.8 Å². The van der Waals surface area contributed by atoms with Gasteiger partial charge < -0.3 is 5.73 Å². The van der Waals surface area contributed by atoms with Crippen molar-refractivity contribution in [2.75, 3.05) is 5.73 Å². The quantitative estimate of drug-likeness (QED) is 0.499. The summed E-state index contributed by atoms with van der Waals surface area (Å²) in [5.41, 5.74) is 14.9. The van der Waals surface area contributed by atoms with E-state index in [-0.39, 0.29) is 0 Å². The highest BCUT2D eigenvalue weighted by Gasteiger charge is 2.21. The number of rotatable bonds is 1. The Labute approximate surface area is 118 Å². The molecule has 0 unspecified atom stereocenters. The van der Waals surface area contributed by atoms with Crippen molar-refractivity contribution in [3.8, 4) is 22.3 Å². The second-order valence-corrected chi connectivity index (χ2v) is 5.26. The Kier molecular flexibility index (Phi) is 2.40. The van der Waals surface area contributed by atoms with E-state index < -0.39 is 0 Å². The number of hydrogen-bond acceptors (Lipinski definition) is 1. The van der Waals surface area contributed by atoms with Gasteiger partial charge in [0.15, 0.2) is 0 Å². The van der Waals surface area contributed by atoms with Gasteiger partial charge in [0, 0.05) is 11.3 Å². The van der Waals surface area contributed by atoms with E-state index in [4.69, 9.17) is 5.73 Å². The number of anilines is 1. The van der Waals surface area contributed by atoms with Crippen LogP contribution in [-0.2, 0) is 6.42 Å². The van der Waals surface area contributed by atoms with E-state index in [1.807, 2.05) is 18.2 Å². The lowest BCUT2D eigenvalue weighted by Gasteiger charge is -2.12. The number of nitrogen functional groups attached to an aromatic ring is 1. The van der Waals surface area contributed by atoms with Crippen LogP contribution in [0.1, 0.15) is 11.1 Å². The first-order chi connectivity index (χ1) is 9.84. The molecule has 0 heterocycles. The van der Waals surface area contributed by atoms with Crippen LogP contribution in [0, 0.1) is 0 Å². The number of fused-ring (bicyclic) bond motifs is 3. The summed E-state index contributed by atoms with van der Waals surface area (Å²) in [6, 6.07) is 23.3. The lowest BCUT2D eigenvalue weighted by Crippen LogP contribution is -1.92. The van der Waals surface area contributed by atoms with Gasteiger partial charge in [0.1, 0.15) is 0 Å². The summed E-state index contributed by atoms with van der Waals surface area (Å²) in [6.45, 7) is 0. The molecular weight excluding hydrogens is 242 g/mol. The SMILES string of the molecule is Nc1ccccc1-c1cccc2c1-c1ccccc1C2. The third-order valence-electron chi connectivity index (χ3n) is 4.07. The Morgan fingerprint density at radius 3 is 2.10 bits per heavy atom. The van der Waals surface area contributed by atoms with Crippen molar-refractivity contribution in [2.24, 2.45) is 0 Å². The first-order valence-electron chi connectivity index (χ1n) is 6.89.